The highest BCUT2D eigenvalue weighted by molar-refractivity contribution is 9.10. The molecule has 1 aromatic carbocycles. The van der Waals surface area contributed by atoms with E-state index in [0.29, 0.717) is 29.0 Å². The molecule has 0 saturated heterocycles. The molecule has 22 heavy (non-hydrogen) atoms. The van der Waals surface area contributed by atoms with Crippen molar-refractivity contribution in [2.24, 2.45) is 5.92 Å². The molecule has 0 aliphatic carbocycles. The minimum Gasteiger partial charge on any atom is -0.337 e. The lowest BCUT2D eigenvalue weighted by atomic mass is 10.1. The van der Waals surface area contributed by atoms with E-state index in [4.69, 9.17) is 0 Å². The molecule has 0 saturated carbocycles. The van der Waals surface area contributed by atoms with Gasteiger partial charge in [0, 0.05) is 25.2 Å². The highest BCUT2D eigenvalue weighted by Gasteiger charge is 2.18. The van der Waals surface area contributed by atoms with E-state index in [1.54, 1.807) is 12.1 Å². The second-order valence-corrected chi connectivity index (χ2v) is 6.66. The largest absolute Gasteiger partial charge is 0.337 e. The minimum atomic E-state index is -0.404. The Morgan fingerprint density at radius 3 is 2.36 bits per heavy atom. The summed E-state index contributed by atoms with van der Waals surface area (Å²) in [5, 5.41) is 0. The third kappa shape index (κ3) is 5.69. The van der Waals surface area contributed by atoms with E-state index in [1.807, 2.05) is 4.90 Å². The van der Waals surface area contributed by atoms with Gasteiger partial charge in [0.2, 0.25) is 0 Å². The van der Waals surface area contributed by atoms with Gasteiger partial charge >= 0.3 is 0 Å². The van der Waals surface area contributed by atoms with E-state index >= 15 is 0 Å². The van der Waals surface area contributed by atoms with Crippen molar-refractivity contribution in [2.45, 2.75) is 27.7 Å². The Bertz CT molecular complexity index is 490. The molecule has 0 unspecified atom stereocenters. The lowest BCUT2D eigenvalue weighted by molar-refractivity contribution is 0.0716. The van der Waals surface area contributed by atoms with Gasteiger partial charge in [-0.2, -0.15) is 0 Å². The SMILES string of the molecule is CCN(CC)CCN(CC(C)C)C(=O)c1ccc(Br)c(F)c1. The Kier molecular flexibility index (Phi) is 8.04. The van der Waals surface area contributed by atoms with Gasteiger partial charge in [0.1, 0.15) is 5.82 Å². The molecular weight excluding hydrogens is 347 g/mol. The van der Waals surface area contributed by atoms with Gasteiger partial charge < -0.3 is 9.80 Å². The summed E-state index contributed by atoms with van der Waals surface area (Å²) >= 11 is 3.12. The van der Waals surface area contributed by atoms with Gasteiger partial charge in [-0.15, -0.1) is 0 Å². The maximum absolute atomic E-state index is 13.7. The predicted octanol–water partition coefficient (Wildman–Crippen LogP) is 4.03. The number of halogens is 2. The number of amides is 1. The summed E-state index contributed by atoms with van der Waals surface area (Å²) in [6, 6.07) is 4.55. The van der Waals surface area contributed by atoms with E-state index < -0.39 is 5.82 Å². The fraction of sp³-hybridized carbons (Fsp3) is 0.588. The molecule has 3 nitrogen and oxygen atoms in total. The van der Waals surface area contributed by atoms with Crippen molar-refractivity contribution in [2.75, 3.05) is 32.7 Å². The van der Waals surface area contributed by atoms with E-state index in [9.17, 15) is 9.18 Å². The maximum Gasteiger partial charge on any atom is 0.254 e. The highest BCUT2D eigenvalue weighted by atomic mass is 79.9. The van der Waals surface area contributed by atoms with E-state index in [0.717, 1.165) is 19.6 Å². The monoisotopic (exact) mass is 372 g/mol. The number of nitrogens with zero attached hydrogens (tertiary/aromatic N) is 2. The van der Waals surface area contributed by atoms with Gasteiger partial charge in [-0.05, 0) is 53.1 Å². The summed E-state index contributed by atoms with van der Waals surface area (Å²) in [7, 11) is 0. The molecule has 0 radical (unpaired) electrons. The predicted molar refractivity (Wildman–Crippen MR) is 92.6 cm³/mol. The van der Waals surface area contributed by atoms with Crippen LogP contribution >= 0.6 is 15.9 Å². The van der Waals surface area contributed by atoms with Crippen LogP contribution in [-0.4, -0.2) is 48.4 Å². The van der Waals surface area contributed by atoms with Crippen LogP contribution in [0.2, 0.25) is 0 Å². The fourth-order valence-corrected chi connectivity index (χ4v) is 2.58. The first kappa shape index (κ1) is 19.1. The highest BCUT2D eigenvalue weighted by Crippen LogP contribution is 2.18. The topological polar surface area (TPSA) is 23.6 Å². The number of hydrogen-bond donors (Lipinski definition) is 0. The molecule has 0 spiro atoms. The Labute approximate surface area is 141 Å². The second-order valence-electron chi connectivity index (χ2n) is 5.80. The Morgan fingerprint density at radius 2 is 1.86 bits per heavy atom. The van der Waals surface area contributed by atoms with Crippen LogP contribution in [0.4, 0.5) is 4.39 Å². The van der Waals surface area contributed by atoms with Gasteiger partial charge in [0.15, 0.2) is 0 Å². The first-order valence-electron chi connectivity index (χ1n) is 7.85. The van der Waals surface area contributed by atoms with E-state index in [1.165, 1.54) is 6.07 Å². The standard InChI is InChI=1S/C17H26BrFN2O/c1-5-20(6-2)9-10-21(12-13(3)4)17(22)14-7-8-15(18)16(19)11-14/h7-8,11,13H,5-6,9-10,12H2,1-4H3. The zero-order valence-electron chi connectivity index (χ0n) is 13.9. The first-order valence-corrected chi connectivity index (χ1v) is 8.65. The molecule has 1 amide bonds. The zero-order chi connectivity index (χ0) is 16.7. The van der Waals surface area contributed by atoms with Crippen molar-refractivity contribution >= 4 is 21.8 Å². The second kappa shape index (κ2) is 9.26. The fourth-order valence-electron chi connectivity index (χ4n) is 2.33. The van der Waals surface area contributed by atoms with Crippen molar-refractivity contribution in [3.63, 3.8) is 0 Å². The smallest absolute Gasteiger partial charge is 0.254 e. The lowest BCUT2D eigenvalue weighted by Gasteiger charge is -2.28. The van der Waals surface area contributed by atoms with Crippen LogP contribution in [0.5, 0.6) is 0 Å². The van der Waals surface area contributed by atoms with Crippen LogP contribution in [0.25, 0.3) is 0 Å². The Balaban J connectivity index is 2.85. The quantitative estimate of drug-likeness (QED) is 0.687. The Morgan fingerprint density at radius 1 is 1.23 bits per heavy atom. The van der Waals surface area contributed by atoms with Gasteiger partial charge in [-0.3, -0.25) is 4.79 Å². The number of carbonyl (C=O) groups excluding carboxylic acids is 1. The van der Waals surface area contributed by atoms with Crippen LogP contribution in [0.15, 0.2) is 22.7 Å². The first-order chi connectivity index (χ1) is 10.4. The number of benzene rings is 1. The normalized spacial score (nSPS) is 11.3. The van der Waals surface area contributed by atoms with Gasteiger partial charge in [0.05, 0.1) is 4.47 Å². The molecular formula is C17H26BrFN2O. The zero-order valence-corrected chi connectivity index (χ0v) is 15.5. The molecule has 124 valence electrons. The Hall–Kier alpha value is -0.940. The third-order valence-electron chi connectivity index (χ3n) is 3.62. The van der Waals surface area contributed by atoms with Crippen LogP contribution in [0.1, 0.15) is 38.1 Å². The molecule has 1 rings (SSSR count). The van der Waals surface area contributed by atoms with Crippen molar-refractivity contribution in [3.8, 4) is 0 Å². The average Bonchev–Trinajstić information content (AvgIpc) is 2.48. The number of hydrogen-bond acceptors (Lipinski definition) is 2. The molecule has 0 N–H and O–H groups in total. The number of carbonyl (C=O) groups is 1. The van der Waals surface area contributed by atoms with E-state index in [-0.39, 0.29) is 5.91 Å². The molecule has 1 aromatic rings. The number of likely N-dealkylation sites (N-methyl/N-ethyl adjacent to an activating group) is 1. The summed E-state index contributed by atoms with van der Waals surface area (Å²) in [5.41, 5.74) is 0.404. The van der Waals surface area contributed by atoms with Crippen LogP contribution in [-0.2, 0) is 0 Å². The average molecular weight is 373 g/mol. The molecule has 0 fully saturated rings. The minimum absolute atomic E-state index is 0.104. The third-order valence-corrected chi connectivity index (χ3v) is 4.26. The van der Waals surface area contributed by atoms with Crippen LogP contribution in [0.3, 0.4) is 0 Å². The van der Waals surface area contributed by atoms with Gasteiger partial charge in [-0.1, -0.05) is 27.7 Å². The van der Waals surface area contributed by atoms with Crippen molar-refractivity contribution in [1.82, 2.24) is 9.80 Å². The molecule has 0 heterocycles. The van der Waals surface area contributed by atoms with Gasteiger partial charge in [-0.25, -0.2) is 4.39 Å². The molecule has 0 atom stereocenters. The summed E-state index contributed by atoms with van der Waals surface area (Å²) < 4.78 is 14.0. The van der Waals surface area contributed by atoms with Crippen LogP contribution in [0, 0.1) is 11.7 Å². The summed E-state index contributed by atoms with van der Waals surface area (Å²) in [6.45, 7) is 12.5. The van der Waals surface area contributed by atoms with Crippen molar-refractivity contribution in [3.05, 3.63) is 34.1 Å². The number of rotatable bonds is 8. The molecule has 5 heteroatoms. The summed E-state index contributed by atoms with van der Waals surface area (Å²) in [4.78, 5) is 16.8. The molecule has 0 aromatic heterocycles. The van der Waals surface area contributed by atoms with Gasteiger partial charge in [0.25, 0.3) is 5.91 Å². The molecule has 0 bridgehead atoms. The molecule has 0 aliphatic rings. The lowest BCUT2D eigenvalue weighted by Crippen LogP contribution is -2.40. The van der Waals surface area contributed by atoms with Crippen molar-refractivity contribution in [1.29, 1.82) is 0 Å². The van der Waals surface area contributed by atoms with E-state index in [2.05, 4.69) is 48.5 Å². The van der Waals surface area contributed by atoms with Crippen molar-refractivity contribution < 1.29 is 9.18 Å². The maximum atomic E-state index is 13.7. The molecule has 0 aliphatic heterocycles. The van der Waals surface area contributed by atoms with Crippen LogP contribution < -0.4 is 0 Å². The summed E-state index contributed by atoms with van der Waals surface area (Å²) in [6.07, 6.45) is 0. The summed E-state index contributed by atoms with van der Waals surface area (Å²) in [5.74, 6) is -0.132.